The Hall–Kier alpha value is -1.02. The molecular weight excluding hydrogens is 258 g/mol. The lowest BCUT2D eigenvalue weighted by atomic mass is 9.81. The molecule has 2 unspecified atom stereocenters. The fourth-order valence-corrected chi connectivity index (χ4v) is 4.55. The predicted molar refractivity (Wildman–Crippen MR) is 85.7 cm³/mol. The first-order chi connectivity index (χ1) is 10.3. The molecule has 1 saturated heterocycles. The van der Waals surface area contributed by atoms with Gasteiger partial charge in [-0.15, -0.1) is 0 Å². The van der Waals surface area contributed by atoms with Gasteiger partial charge in [0.1, 0.15) is 5.75 Å². The molecule has 114 valence electrons. The second-order valence-electron chi connectivity index (χ2n) is 7.38. The smallest absolute Gasteiger partial charge is 0.119 e. The van der Waals surface area contributed by atoms with Crippen molar-refractivity contribution in [3.8, 4) is 5.75 Å². The van der Waals surface area contributed by atoms with Crippen molar-refractivity contribution in [2.45, 2.75) is 63.8 Å². The monoisotopic (exact) mass is 285 g/mol. The molecule has 1 aromatic rings. The largest absolute Gasteiger partial charge is 0.508 e. The predicted octanol–water partition coefficient (Wildman–Crippen LogP) is 4.38. The Morgan fingerprint density at radius 3 is 2.76 bits per heavy atom. The van der Waals surface area contributed by atoms with E-state index >= 15 is 0 Å². The Bertz CT molecular complexity index is 535. The molecule has 1 saturated carbocycles. The molecular formula is C19H27NO. The number of fused-ring (bicyclic) bond motifs is 3. The van der Waals surface area contributed by atoms with Crippen LogP contribution in [0.25, 0.3) is 0 Å². The van der Waals surface area contributed by atoms with Crippen LogP contribution in [-0.4, -0.2) is 23.1 Å². The van der Waals surface area contributed by atoms with Gasteiger partial charge < -0.3 is 5.11 Å². The third kappa shape index (κ3) is 2.48. The van der Waals surface area contributed by atoms with Crippen LogP contribution in [-0.2, 0) is 6.42 Å². The number of nitrogens with zero attached hydrogens (tertiary/aromatic N) is 1. The minimum Gasteiger partial charge on any atom is -0.508 e. The first-order valence-corrected chi connectivity index (χ1v) is 8.86. The highest BCUT2D eigenvalue weighted by Gasteiger charge is 2.35. The summed E-state index contributed by atoms with van der Waals surface area (Å²) in [5.74, 6) is 2.11. The quantitative estimate of drug-likeness (QED) is 0.891. The van der Waals surface area contributed by atoms with Crippen LogP contribution in [0.5, 0.6) is 5.75 Å². The maximum Gasteiger partial charge on any atom is 0.119 e. The lowest BCUT2D eigenvalue weighted by Gasteiger charge is -2.44. The molecule has 3 aliphatic rings. The van der Waals surface area contributed by atoms with Crippen LogP contribution < -0.4 is 0 Å². The molecule has 2 fully saturated rings. The summed E-state index contributed by atoms with van der Waals surface area (Å²) in [4.78, 5) is 2.68. The van der Waals surface area contributed by atoms with E-state index < -0.39 is 0 Å². The summed E-state index contributed by atoms with van der Waals surface area (Å²) >= 11 is 0. The highest BCUT2D eigenvalue weighted by atomic mass is 16.3. The molecule has 0 bridgehead atoms. The molecule has 4 rings (SSSR count). The average molecular weight is 285 g/mol. The fraction of sp³-hybridized carbons (Fsp3) is 0.684. The fourth-order valence-electron chi connectivity index (χ4n) is 4.55. The third-order valence-corrected chi connectivity index (χ3v) is 5.81. The molecule has 2 heteroatoms. The molecule has 0 amide bonds. The Labute approximate surface area is 128 Å². The van der Waals surface area contributed by atoms with E-state index in [1.165, 1.54) is 74.7 Å². The Balaban J connectivity index is 1.60. The highest BCUT2D eigenvalue weighted by Crippen LogP contribution is 2.47. The van der Waals surface area contributed by atoms with E-state index in [-0.39, 0.29) is 0 Å². The second kappa shape index (κ2) is 5.31. The van der Waals surface area contributed by atoms with Gasteiger partial charge in [-0.05, 0) is 73.1 Å². The van der Waals surface area contributed by atoms with Gasteiger partial charge in [-0.2, -0.15) is 0 Å². The number of hydrogen-bond donors (Lipinski definition) is 1. The van der Waals surface area contributed by atoms with E-state index in [0.717, 1.165) is 5.92 Å². The zero-order valence-electron chi connectivity index (χ0n) is 13.1. The Morgan fingerprint density at radius 1 is 1.14 bits per heavy atom. The van der Waals surface area contributed by atoms with Gasteiger partial charge in [-0.1, -0.05) is 19.4 Å². The van der Waals surface area contributed by atoms with Gasteiger partial charge in [-0.3, -0.25) is 4.90 Å². The number of piperidine rings is 1. The van der Waals surface area contributed by atoms with Crippen molar-refractivity contribution in [1.82, 2.24) is 4.90 Å². The molecule has 2 aliphatic heterocycles. The van der Waals surface area contributed by atoms with Gasteiger partial charge in [0.25, 0.3) is 0 Å². The molecule has 21 heavy (non-hydrogen) atoms. The van der Waals surface area contributed by atoms with Gasteiger partial charge in [-0.25, -0.2) is 0 Å². The van der Waals surface area contributed by atoms with Gasteiger partial charge in [0, 0.05) is 19.1 Å². The van der Waals surface area contributed by atoms with Crippen LogP contribution >= 0.6 is 0 Å². The topological polar surface area (TPSA) is 23.5 Å². The zero-order valence-corrected chi connectivity index (χ0v) is 13.1. The molecule has 0 radical (unpaired) electrons. The van der Waals surface area contributed by atoms with Crippen molar-refractivity contribution in [2.75, 3.05) is 13.1 Å². The lowest BCUT2D eigenvalue weighted by Crippen LogP contribution is -2.42. The van der Waals surface area contributed by atoms with Gasteiger partial charge in [0.05, 0.1) is 0 Å². The molecule has 2 heterocycles. The number of phenolic OH excluding ortho intramolecular Hbond substituents is 1. The van der Waals surface area contributed by atoms with Crippen molar-refractivity contribution in [1.29, 1.82) is 0 Å². The van der Waals surface area contributed by atoms with Crippen molar-refractivity contribution in [2.24, 2.45) is 5.92 Å². The number of hydrogen-bond acceptors (Lipinski definition) is 2. The van der Waals surface area contributed by atoms with E-state index in [1.807, 2.05) is 0 Å². The minimum absolute atomic E-state index is 0.564. The number of aromatic hydroxyl groups is 1. The normalized spacial score (nSPS) is 29.0. The molecule has 2 atom stereocenters. The number of rotatable bonds is 3. The summed E-state index contributed by atoms with van der Waals surface area (Å²) in [6.45, 7) is 4.78. The summed E-state index contributed by atoms with van der Waals surface area (Å²) in [6.07, 6.45) is 9.03. The van der Waals surface area contributed by atoms with Crippen molar-refractivity contribution in [3.05, 3.63) is 28.8 Å². The SMILES string of the molecule is CCCC1CCC2c3cc(O)c(C4CC4)cc3CCN2C1. The number of phenols is 1. The zero-order chi connectivity index (χ0) is 14.4. The van der Waals surface area contributed by atoms with Crippen molar-refractivity contribution < 1.29 is 5.11 Å². The summed E-state index contributed by atoms with van der Waals surface area (Å²) in [6, 6.07) is 5.01. The van der Waals surface area contributed by atoms with Crippen LogP contribution in [0.4, 0.5) is 0 Å². The summed E-state index contributed by atoms with van der Waals surface area (Å²) < 4.78 is 0. The van der Waals surface area contributed by atoms with Gasteiger partial charge in [0.2, 0.25) is 0 Å². The molecule has 0 aromatic heterocycles. The van der Waals surface area contributed by atoms with Gasteiger partial charge in [0.15, 0.2) is 0 Å². The minimum atomic E-state index is 0.564. The van der Waals surface area contributed by atoms with Gasteiger partial charge >= 0.3 is 0 Å². The first-order valence-electron chi connectivity index (χ1n) is 8.86. The standard InChI is InChI=1S/C19H27NO/c1-2-3-13-4-7-18-16-11-19(21)17(14-5-6-14)10-15(16)8-9-20(18)12-13/h10-11,13-14,18,21H,2-9,12H2,1H3. The van der Waals surface area contributed by atoms with Crippen molar-refractivity contribution in [3.63, 3.8) is 0 Å². The second-order valence-corrected chi connectivity index (χ2v) is 7.38. The lowest BCUT2D eigenvalue weighted by molar-refractivity contribution is 0.0944. The summed E-state index contributed by atoms with van der Waals surface area (Å²) in [5.41, 5.74) is 4.17. The van der Waals surface area contributed by atoms with Crippen LogP contribution in [0.3, 0.4) is 0 Å². The molecule has 1 aromatic carbocycles. The third-order valence-electron chi connectivity index (χ3n) is 5.81. The molecule has 1 N–H and O–H groups in total. The van der Waals surface area contributed by atoms with Crippen LogP contribution in [0.2, 0.25) is 0 Å². The number of benzene rings is 1. The Morgan fingerprint density at radius 2 is 2.00 bits per heavy atom. The summed E-state index contributed by atoms with van der Waals surface area (Å²) in [5, 5.41) is 10.4. The van der Waals surface area contributed by atoms with E-state index in [0.29, 0.717) is 17.7 Å². The molecule has 1 aliphatic carbocycles. The molecule has 0 spiro atoms. The maximum absolute atomic E-state index is 10.4. The van der Waals surface area contributed by atoms with E-state index in [2.05, 4.69) is 24.0 Å². The van der Waals surface area contributed by atoms with Crippen LogP contribution in [0.1, 0.15) is 74.1 Å². The maximum atomic E-state index is 10.4. The molecule has 2 nitrogen and oxygen atoms in total. The highest BCUT2D eigenvalue weighted by molar-refractivity contribution is 5.47. The van der Waals surface area contributed by atoms with E-state index in [1.54, 1.807) is 0 Å². The first kappa shape index (κ1) is 13.6. The van der Waals surface area contributed by atoms with E-state index in [9.17, 15) is 5.11 Å². The van der Waals surface area contributed by atoms with E-state index in [4.69, 9.17) is 0 Å². The summed E-state index contributed by atoms with van der Waals surface area (Å²) in [7, 11) is 0. The van der Waals surface area contributed by atoms with Crippen LogP contribution in [0, 0.1) is 5.92 Å². The average Bonchev–Trinajstić information content (AvgIpc) is 3.31. The van der Waals surface area contributed by atoms with Crippen LogP contribution in [0.15, 0.2) is 12.1 Å². The Kier molecular flexibility index (Phi) is 3.45. The van der Waals surface area contributed by atoms with Crippen molar-refractivity contribution >= 4 is 0 Å².